The van der Waals surface area contributed by atoms with E-state index in [0.717, 1.165) is 18.6 Å². The number of nitrogens with two attached hydrogens (primary N) is 1. The Morgan fingerprint density at radius 2 is 2.00 bits per heavy atom. The van der Waals surface area contributed by atoms with Gasteiger partial charge < -0.3 is 20.7 Å². The number of likely N-dealkylation sites (tertiary alicyclic amines) is 1. The van der Waals surface area contributed by atoms with Gasteiger partial charge in [0.05, 0.1) is 7.11 Å². The highest BCUT2D eigenvalue weighted by Gasteiger charge is 2.27. The van der Waals surface area contributed by atoms with Crippen molar-refractivity contribution in [3.05, 3.63) is 29.8 Å². The van der Waals surface area contributed by atoms with E-state index in [-0.39, 0.29) is 11.9 Å². The molecule has 6 nitrogen and oxygen atoms in total. The predicted octanol–water partition coefficient (Wildman–Crippen LogP) is 2.48. The van der Waals surface area contributed by atoms with Gasteiger partial charge in [-0.05, 0) is 48.8 Å². The first-order valence-corrected chi connectivity index (χ1v) is 8.89. The van der Waals surface area contributed by atoms with Crippen LogP contribution in [0.1, 0.15) is 44.6 Å². The Morgan fingerprint density at radius 3 is 2.56 bits per heavy atom. The number of nitrogens with one attached hydrogen (secondary N) is 1. The number of methoxy groups -OCH3 is 1. The van der Waals surface area contributed by atoms with E-state index >= 15 is 0 Å². The molecule has 0 aliphatic carbocycles. The lowest BCUT2D eigenvalue weighted by Gasteiger charge is -2.33. The minimum absolute atomic E-state index is 0.200. The van der Waals surface area contributed by atoms with Crippen LogP contribution in [0.5, 0.6) is 5.75 Å². The molecule has 1 atom stereocenters. The van der Waals surface area contributed by atoms with Gasteiger partial charge in [0.1, 0.15) is 11.8 Å². The third-order valence-corrected chi connectivity index (χ3v) is 4.70. The van der Waals surface area contributed by atoms with E-state index < -0.39 is 11.9 Å². The monoisotopic (exact) mass is 347 g/mol. The molecule has 0 spiro atoms. The number of nitrogens with zero attached hydrogens (tertiary/aromatic N) is 1. The average molecular weight is 347 g/mol. The fourth-order valence-electron chi connectivity index (χ4n) is 3.27. The number of hydrogen-bond acceptors (Lipinski definition) is 3. The maximum absolute atomic E-state index is 12.4. The Balaban J connectivity index is 1.90. The average Bonchev–Trinajstić information content (AvgIpc) is 2.60. The van der Waals surface area contributed by atoms with E-state index in [9.17, 15) is 9.59 Å². The number of carbonyl (C=O) groups excluding carboxylic acids is 2. The topological polar surface area (TPSA) is 84.7 Å². The molecule has 6 heteroatoms. The zero-order valence-electron chi connectivity index (χ0n) is 15.3. The molecule has 1 unspecified atom stereocenters. The van der Waals surface area contributed by atoms with Crippen LogP contribution in [0.4, 0.5) is 4.79 Å². The standard InChI is InChI=1S/C19H29N3O3/c1-13(2)11-17(18(20)23)21-19(24)22-9-7-14(8-10-22)15-5-4-6-16(12-15)25-3/h4-6,12-14,17H,7-11H2,1-3H3,(H2,20,23)(H,21,24). The van der Waals surface area contributed by atoms with E-state index in [1.165, 1.54) is 5.56 Å². The molecule has 1 fully saturated rings. The Morgan fingerprint density at radius 1 is 1.32 bits per heavy atom. The summed E-state index contributed by atoms with van der Waals surface area (Å²) >= 11 is 0. The first kappa shape index (κ1) is 19.1. The second kappa shape index (κ2) is 8.74. The summed E-state index contributed by atoms with van der Waals surface area (Å²) < 4.78 is 5.28. The number of piperidine rings is 1. The van der Waals surface area contributed by atoms with Gasteiger partial charge in [0.25, 0.3) is 0 Å². The second-order valence-electron chi connectivity index (χ2n) is 7.07. The van der Waals surface area contributed by atoms with Crippen molar-refractivity contribution in [3.63, 3.8) is 0 Å². The number of primary amides is 1. The van der Waals surface area contributed by atoms with Crippen molar-refractivity contribution in [2.24, 2.45) is 11.7 Å². The molecule has 1 heterocycles. The molecule has 3 amide bonds. The zero-order chi connectivity index (χ0) is 18.4. The van der Waals surface area contributed by atoms with Crippen LogP contribution in [0.3, 0.4) is 0 Å². The lowest BCUT2D eigenvalue weighted by atomic mass is 9.89. The number of urea groups is 1. The molecule has 0 aromatic heterocycles. The van der Waals surface area contributed by atoms with E-state index in [2.05, 4.69) is 17.4 Å². The summed E-state index contributed by atoms with van der Waals surface area (Å²) in [5.41, 5.74) is 6.65. The van der Waals surface area contributed by atoms with Crippen molar-refractivity contribution in [3.8, 4) is 5.75 Å². The Hall–Kier alpha value is -2.24. The van der Waals surface area contributed by atoms with E-state index in [1.807, 2.05) is 26.0 Å². The third kappa shape index (κ3) is 5.37. The van der Waals surface area contributed by atoms with Gasteiger partial charge in [-0.2, -0.15) is 0 Å². The molecular weight excluding hydrogens is 318 g/mol. The minimum Gasteiger partial charge on any atom is -0.497 e. The predicted molar refractivity (Wildman–Crippen MR) is 97.5 cm³/mol. The van der Waals surface area contributed by atoms with Gasteiger partial charge in [0.15, 0.2) is 0 Å². The van der Waals surface area contributed by atoms with Gasteiger partial charge in [-0.1, -0.05) is 26.0 Å². The molecule has 1 aliphatic rings. The Labute approximate surface area is 149 Å². The summed E-state index contributed by atoms with van der Waals surface area (Å²) in [6.07, 6.45) is 2.35. The lowest BCUT2D eigenvalue weighted by Crippen LogP contribution is -2.52. The first-order valence-electron chi connectivity index (χ1n) is 8.89. The molecule has 3 N–H and O–H groups in total. The van der Waals surface area contributed by atoms with Crippen molar-refractivity contribution in [2.75, 3.05) is 20.2 Å². The molecule has 1 saturated heterocycles. The SMILES string of the molecule is COc1cccc(C2CCN(C(=O)NC(CC(C)C)C(N)=O)CC2)c1. The first-order chi connectivity index (χ1) is 11.9. The summed E-state index contributed by atoms with van der Waals surface area (Å²) in [6, 6.07) is 7.29. The molecular formula is C19H29N3O3. The van der Waals surface area contributed by atoms with E-state index in [0.29, 0.717) is 25.4 Å². The number of hydrogen-bond donors (Lipinski definition) is 2. The number of ether oxygens (including phenoxy) is 1. The normalized spacial score (nSPS) is 16.6. The van der Waals surface area contributed by atoms with Crippen LogP contribution in [0.2, 0.25) is 0 Å². The zero-order valence-corrected chi connectivity index (χ0v) is 15.3. The van der Waals surface area contributed by atoms with E-state index in [1.54, 1.807) is 12.0 Å². The summed E-state index contributed by atoms with van der Waals surface area (Å²) in [4.78, 5) is 25.7. The van der Waals surface area contributed by atoms with Crippen LogP contribution in [0, 0.1) is 5.92 Å². The quantitative estimate of drug-likeness (QED) is 0.829. The highest BCUT2D eigenvalue weighted by atomic mass is 16.5. The van der Waals surface area contributed by atoms with Gasteiger partial charge in [0, 0.05) is 13.1 Å². The molecule has 25 heavy (non-hydrogen) atoms. The van der Waals surface area contributed by atoms with Crippen molar-refractivity contribution >= 4 is 11.9 Å². The number of benzene rings is 1. The highest BCUT2D eigenvalue weighted by Crippen LogP contribution is 2.30. The number of amides is 3. The molecule has 2 rings (SSSR count). The fraction of sp³-hybridized carbons (Fsp3) is 0.579. The maximum Gasteiger partial charge on any atom is 0.318 e. The summed E-state index contributed by atoms with van der Waals surface area (Å²) in [5, 5.41) is 2.78. The van der Waals surface area contributed by atoms with Crippen LogP contribution in [0.25, 0.3) is 0 Å². The van der Waals surface area contributed by atoms with Crippen molar-refractivity contribution in [1.82, 2.24) is 10.2 Å². The highest BCUT2D eigenvalue weighted by molar-refractivity contribution is 5.85. The van der Waals surface area contributed by atoms with Crippen LogP contribution < -0.4 is 15.8 Å². The van der Waals surface area contributed by atoms with Crippen LogP contribution >= 0.6 is 0 Å². The van der Waals surface area contributed by atoms with E-state index in [4.69, 9.17) is 10.5 Å². The van der Waals surface area contributed by atoms with Gasteiger partial charge in [-0.15, -0.1) is 0 Å². The second-order valence-corrected chi connectivity index (χ2v) is 7.07. The Bertz CT molecular complexity index is 595. The smallest absolute Gasteiger partial charge is 0.318 e. The summed E-state index contributed by atoms with van der Waals surface area (Å²) in [7, 11) is 1.67. The van der Waals surface area contributed by atoms with Crippen LogP contribution in [-0.2, 0) is 4.79 Å². The molecule has 1 aromatic rings. The maximum atomic E-state index is 12.4. The molecule has 138 valence electrons. The molecule has 1 aliphatic heterocycles. The fourth-order valence-corrected chi connectivity index (χ4v) is 3.27. The molecule has 1 aromatic carbocycles. The van der Waals surface area contributed by atoms with Crippen LogP contribution in [-0.4, -0.2) is 43.1 Å². The molecule has 0 bridgehead atoms. The largest absolute Gasteiger partial charge is 0.497 e. The van der Waals surface area contributed by atoms with Gasteiger partial charge in [-0.25, -0.2) is 4.79 Å². The van der Waals surface area contributed by atoms with Gasteiger partial charge in [0.2, 0.25) is 5.91 Å². The molecule has 0 radical (unpaired) electrons. The lowest BCUT2D eigenvalue weighted by molar-refractivity contribution is -0.120. The third-order valence-electron chi connectivity index (χ3n) is 4.70. The minimum atomic E-state index is -0.608. The van der Waals surface area contributed by atoms with Crippen LogP contribution in [0.15, 0.2) is 24.3 Å². The summed E-state index contributed by atoms with van der Waals surface area (Å²) in [6.45, 7) is 5.34. The molecule has 0 saturated carbocycles. The van der Waals surface area contributed by atoms with Crippen molar-refractivity contribution in [2.45, 2.75) is 45.1 Å². The van der Waals surface area contributed by atoms with Crippen molar-refractivity contribution < 1.29 is 14.3 Å². The summed E-state index contributed by atoms with van der Waals surface area (Å²) in [5.74, 6) is 1.09. The van der Waals surface area contributed by atoms with Gasteiger partial charge >= 0.3 is 6.03 Å². The van der Waals surface area contributed by atoms with Gasteiger partial charge in [-0.3, -0.25) is 4.79 Å². The number of rotatable bonds is 6. The van der Waals surface area contributed by atoms with Crippen molar-refractivity contribution in [1.29, 1.82) is 0 Å². The number of carbonyl (C=O) groups is 2. The Kier molecular flexibility index (Phi) is 6.67.